The molecule has 0 amide bonds. The minimum Gasteiger partial charge on any atom is -0.462 e. The molecule has 0 aliphatic rings. The van der Waals surface area contributed by atoms with Gasteiger partial charge >= 0.3 is 39.5 Å². The van der Waals surface area contributed by atoms with Crippen molar-refractivity contribution in [2.45, 2.75) is 445 Å². The first kappa shape index (κ1) is 98.1. The smallest absolute Gasteiger partial charge is 0.462 e. The van der Waals surface area contributed by atoms with Crippen LogP contribution in [0.2, 0.25) is 0 Å². The molecule has 0 aromatic carbocycles. The van der Waals surface area contributed by atoms with Gasteiger partial charge in [0.25, 0.3) is 0 Å². The number of carbonyl (C=O) groups excluding carboxylic acids is 4. The number of aliphatic hydroxyl groups is 1. The van der Waals surface area contributed by atoms with E-state index in [9.17, 15) is 43.2 Å². The summed E-state index contributed by atoms with van der Waals surface area (Å²) in [7, 11) is -9.92. The number of phosphoric acid groups is 2. The molecule has 0 radical (unpaired) electrons. The summed E-state index contributed by atoms with van der Waals surface area (Å²) < 4.78 is 68.7. The second-order valence-corrected chi connectivity index (χ2v) is 33.0. The number of carbonyl (C=O) groups is 4. The molecule has 100 heavy (non-hydrogen) atoms. The van der Waals surface area contributed by atoms with Crippen LogP contribution in [0, 0.1) is 11.8 Å². The molecule has 2 unspecified atom stereocenters. The molecule has 0 rings (SSSR count). The fourth-order valence-corrected chi connectivity index (χ4v) is 14.1. The molecule has 0 aliphatic carbocycles. The van der Waals surface area contributed by atoms with E-state index in [1.807, 2.05) is 0 Å². The Morgan fingerprint density at radius 2 is 0.460 bits per heavy atom. The molecule has 594 valence electrons. The lowest BCUT2D eigenvalue weighted by Gasteiger charge is -2.21. The SMILES string of the molecule is CCCCCCCCCCCCCCCCCCCCCC(=O)O[C@H](COC(=O)CCCCCCCCCCCCCCCCCC)COP(=O)(O)OC[C@@H](O)COP(=O)(O)OC[C@@H](COC(=O)CCCCCCCCCC(C)C)OC(=O)CCCCCCCCCCCCCCC(C)C. The molecule has 5 atom stereocenters. The van der Waals surface area contributed by atoms with Crippen LogP contribution in [-0.2, 0) is 65.4 Å². The molecule has 0 bridgehead atoms. The molecule has 0 saturated heterocycles. The number of ether oxygens (including phenoxy) is 4. The largest absolute Gasteiger partial charge is 0.472 e. The first-order chi connectivity index (χ1) is 48.4. The van der Waals surface area contributed by atoms with E-state index in [-0.39, 0.29) is 25.7 Å². The Morgan fingerprint density at radius 3 is 0.680 bits per heavy atom. The van der Waals surface area contributed by atoms with Crippen molar-refractivity contribution in [2.75, 3.05) is 39.6 Å². The summed E-state index contributed by atoms with van der Waals surface area (Å²) in [6.45, 7) is 9.59. The van der Waals surface area contributed by atoms with Crippen LogP contribution in [0.25, 0.3) is 0 Å². The Kier molecular flexibility index (Phi) is 71.2. The van der Waals surface area contributed by atoms with Gasteiger partial charge in [-0.1, -0.05) is 375 Å². The maximum Gasteiger partial charge on any atom is 0.472 e. The molecule has 19 heteroatoms. The van der Waals surface area contributed by atoms with Crippen molar-refractivity contribution in [3.63, 3.8) is 0 Å². The fraction of sp³-hybridized carbons (Fsp3) is 0.951. The van der Waals surface area contributed by atoms with Gasteiger partial charge in [-0.15, -0.1) is 0 Å². The van der Waals surface area contributed by atoms with Gasteiger partial charge in [-0.05, 0) is 37.5 Å². The lowest BCUT2D eigenvalue weighted by Crippen LogP contribution is -2.30. The van der Waals surface area contributed by atoms with E-state index >= 15 is 0 Å². The summed E-state index contributed by atoms with van der Waals surface area (Å²) in [5.74, 6) is -0.627. The molecule has 0 fully saturated rings. The third kappa shape index (κ3) is 74.3. The van der Waals surface area contributed by atoms with Crippen LogP contribution in [0.3, 0.4) is 0 Å². The highest BCUT2D eigenvalue weighted by Gasteiger charge is 2.30. The van der Waals surface area contributed by atoms with Crippen molar-refractivity contribution in [3.8, 4) is 0 Å². The third-order valence-corrected chi connectivity index (χ3v) is 20.9. The summed E-state index contributed by atoms with van der Waals surface area (Å²) in [6, 6.07) is 0. The minimum atomic E-state index is -4.96. The van der Waals surface area contributed by atoms with Gasteiger partial charge in [0.15, 0.2) is 12.2 Å². The summed E-state index contributed by atoms with van der Waals surface area (Å²) in [5.41, 5.74) is 0. The second kappa shape index (κ2) is 72.6. The molecule has 17 nitrogen and oxygen atoms in total. The van der Waals surface area contributed by atoms with Crippen molar-refractivity contribution in [1.82, 2.24) is 0 Å². The Labute approximate surface area is 613 Å². The highest BCUT2D eigenvalue weighted by molar-refractivity contribution is 7.47. The Balaban J connectivity index is 5.24. The van der Waals surface area contributed by atoms with E-state index in [0.717, 1.165) is 102 Å². The molecule has 0 aromatic heterocycles. The van der Waals surface area contributed by atoms with Gasteiger partial charge in [-0.2, -0.15) is 0 Å². The lowest BCUT2D eigenvalue weighted by atomic mass is 10.0. The lowest BCUT2D eigenvalue weighted by molar-refractivity contribution is -0.161. The van der Waals surface area contributed by atoms with Crippen LogP contribution in [0.1, 0.15) is 427 Å². The third-order valence-electron chi connectivity index (χ3n) is 19.0. The van der Waals surface area contributed by atoms with Gasteiger partial charge in [-0.3, -0.25) is 37.3 Å². The van der Waals surface area contributed by atoms with Gasteiger partial charge in [0.05, 0.1) is 26.4 Å². The molecule has 0 heterocycles. The summed E-state index contributed by atoms with van der Waals surface area (Å²) >= 11 is 0. The highest BCUT2D eigenvalue weighted by Crippen LogP contribution is 2.45. The van der Waals surface area contributed by atoms with Crippen LogP contribution >= 0.6 is 15.6 Å². The maximum absolute atomic E-state index is 13.1. The van der Waals surface area contributed by atoms with Crippen molar-refractivity contribution in [2.24, 2.45) is 11.8 Å². The fourth-order valence-electron chi connectivity index (χ4n) is 12.5. The normalized spacial score (nSPS) is 13.9. The second-order valence-electron chi connectivity index (χ2n) is 30.1. The average Bonchev–Trinajstić information content (AvgIpc) is 0.984. The Bertz CT molecular complexity index is 1920. The van der Waals surface area contributed by atoms with Crippen LogP contribution in [0.15, 0.2) is 0 Å². The van der Waals surface area contributed by atoms with E-state index < -0.39 is 97.5 Å². The van der Waals surface area contributed by atoms with E-state index in [2.05, 4.69) is 41.5 Å². The topological polar surface area (TPSA) is 237 Å². The van der Waals surface area contributed by atoms with Gasteiger partial charge in [0.2, 0.25) is 0 Å². The number of aliphatic hydroxyl groups excluding tert-OH is 1. The molecule has 0 aromatic rings. The van der Waals surface area contributed by atoms with Crippen LogP contribution in [0.5, 0.6) is 0 Å². The predicted octanol–water partition coefficient (Wildman–Crippen LogP) is 24.3. The zero-order valence-corrected chi connectivity index (χ0v) is 67.3. The first-order valence-corrected chi connectivity index (χ1v) is 45.0. The van der Waals surface area contributed by atoms with E-state index in [4.69, 9.17) is 37.0 Å². The number of hydrogen-bond donors (Lipinski definition) is 3. The van der Waals surface area contributed by atoms with Crippen LogP contribution in [-0.4, -0.2) is 96.7 Å². The zero-order chi connectivity index (χ0) is 73.5. The van der Waals surface area contributed by atoms with Gasteiger partial charge in [0.1, 0.15) is 19.3 Å². The molecule has 0 spiro atoms. The maximum atomic E-state index is 13.1. The van der Waals surface area contributed by atoms with Gasteiger partial charge < -0.3 is 33.8 Å². The van der Waals surface area contributed by atoms with Crippen molar-refractivity contribution >= 4 is 39.5 Å². The number of unbranched alkanes of at least 4 members (excludes halogenated alkanes) is 50. The van der Waals surface area contributed by atoms with E-state index in [0.29, 0.717) is 31.6 Å². The average molecular weight is 1470 g/mol. The standard InChI is InChI=1S/C81H158O17P2/c1-7-9-11-13-15-17-19-21-23-25-26-27-29-31-36-40-46-53-59-65-80(85)97-76(69-91-78(83)63-57-51-45-39-35-30-28-24-22-20-18-16-14-12-10-8-2)71-95-99(87,88)93-67-75(82)68-94-100(89,90)96-72-77(70-92-79(84)64-58-52-48-42-44-50-56-62-74(5)6)98-81(86)66-60-54-47-41-37-33-32-34-38-43-49-55-61-73(3)4/h73-77,82H,7-72H2,1-6H3,(H,87,88)(H,89,90)/t75-,76-,77-/m1/s1. The van der Waals surface area contributed by atoms with Crippen LogP contribution in [0.4, 0.5) is 0 Å². The first-order valence-electron chi connectivity index (χ1n) is 42.0. The van der Waals surface area contributed by atoms with Crippen molar-refractivity contribution < 1.29 is 80.2 Å². The van der Waals surface area contributed by atoms with Gasteiger partial charge in [0, 0.05) is 25.7 Å². The highest BCUT2D eigenvalue weighted by atomic mass is 31.2. The number of rotatable bonds is 80. The number of phosphoric ester groups is 2. The molecule has 0 aliphatic heterocycles. The molecular formula is C81H158O17P2. The molecule has 3 N–H and O–H groups in total. The Morgan fingerprint density at radius 1 is 0.270 bits per heavy atom. The monoisotopic (exact) mass is 1470 g/mol. The minimum absolute atomic E-state index is 0.106. The quantitative estimate of drug-likeness (QED) is 0.0222. The Hall–Kier alpha value is -1.94. The van der Waals surface area contributed by atoms with Gasteiger partial charge in [-0.25, -0.2) is 9.13 Å². The van der Waals surface area contributed by atoms with E-state index in [1.54, 1.807) is 0 Å². The van der Waals surface area contributed by atoms with Crippen molar-refractivity contribution in [1.29, 1.82) is 0 Å². The van der Waals surface area contributed by atoms with E-state index in [1.165, 1.54) is 238 Å². The number of esters is 4. The van der Waals surface area contributed by atoms with Crippen LogP contribution < -0.4 is 0 Å². The zero-order valence-electron chi connectivity index (χ0n) is 65.5. The summed E-state index contributed by atoms with van der Waals surface area (Å²) in [5, 5.41) is 10.6. The molecular weight excluding hydrogens is 1310 g/mol. The predicted molar refractivity (Wildman–Crippen MR) is 409 cm³/mol. The van der Waals surface area contributed by atoms with Crippen molar-refractivity contribution in [3.05, 3.63) is 0 Å². The summed E-state index contributed by atoms with van der Waals surface area (Å²) in [6.07, 6.45) is 62.5. The summed E-state index contributed by atoms with van der Waals surface area (Å²) in [4.78, 5) is 73.0. The molecule has 0 saturated carbocycles. The number of hydrogen-bond acceptors (Lipinski definition) is 15.